The smallest absolute Gasteiger partial charge is 0.339 e. The van der Waals surface area contributed by atoms with Gasteiger partial charge in [-0.2, -0.15) is 0 Å². The molecule has 0 heterocycles. The Morgan fingerprint density at radius 3 is 2.43 bits per heavy atom. The number of hydrogen-bond donors (Lipinski definition) is 2. The van der Waals surface area contributed by atoms with Gasteiger partial charge in [0.1, 0.15) is 11.4 Å². The van der Waals surface area contributed by atoms with Crippen molar-refractivity contribution in [2.45, 2.75) is 41.2 Å². The number of hydrogen-bond acceptors (Lipinski definition) is 4. The van der Waals surface area contributed by atoms with Crippen molar-refractivity contribution in [3.63, 3.8) is 0 Å². The van der Waals surface area contributed by atoms with E-state index in [4.69, 9.17) is 5.11 Å². The quantitative estimate of drug-likeness (QED) is 0.587. The van der Waals surface area contributed by atoms with Crippen LogP contribution in [0.5, 0.6) is 0 Å². The number of carboxylic acid groups (broad SMARTS) is 2. The Morgan fingerprint density at radius 2 is 1.82 bits per heavy atom. The summed E-state index contributed by atoms with van der Waals surface area (Å²) >= 11 is 2.83. The number of carbonyl (C=O) groups is 2. The molecule has 1 saturated carbocycles. The molecule has 28 heavy (non-hydrogen) atoms. The van der Waals surface area contributed by atoms with E-state index in [1.54, 1.807) is 36.2 Å². The van der Waals surface area contributed by atoms with Gasteiger partial charge in [-0.05, 0) is 73.8 Å². The van der Waals surface area contributed by atoms with Crippen LogP contribution in [0.15, 0.2) is 40.1 Å². The summed E-state index contributed by atoms with van der Waals surface area (Å²) in [6.45, 7) is 1.94. The lowest BCUT2D eigenvalue weighted by Crippen LogP contribution is -2.28. The van der Waals surface area contributed by atoms with Crippen molar-refractivity contribution in [1.82, 2.24) is 0 Å². The zero-order chi connectivity index (χ0) is 20.4. The predicted molar refractivity (Wildman–Crippen MR) is 109 cm³/mol. The fourth-order valence-corrected chi connectivity index (χ4v) is 5.77. The Kier molecular flexibility index (Phi) is 6.35. The first kappa shape index (κ1) is 20.7. The Hall–Kier alpha value is -1.99. The summed E-state index contributed by atoms with van der Waals surface area (Å²) in [5.74, 6) is -2.47. The van der Waals surface area contributed by atoms with E-state index in [1.807, 2.05) is 13.0 Å². The van der Waals surface area contributed by atoms with Crippen molar-refractivity contribution in [1.29, 1.82) is 0 Å². The number of benzene rings is 2. The summed E-state index contributed by atoms with van der Waals surface area (Å²) in [7, 11) is 0. The molecule has 2 aromatic carbocycles. The average Bonchev–Trinajstić information content (AvgIpc) is 2.58. The van der Waals surface area contributed by atoms with Gasteiger partial charge in [0.25, 0.3) is 0 Å². The molecule has 0 radical (unpaired) electrons. The van der Waals surface area contributed by atoms with Crippen LogP contribution < -0.4 is 0 Å². The van der Waals surface area contributed by atoms with E-state index in [1.165, 1.54) is 17.8 Å². The summed E-state index contributed by atoms with van der Waals surface area (Å²) in [6.07, 6.45) is 4.28. The first-order chi connectivity index (χ1) is 13.3. The lowest BCUT2D eigenvalue weighted by atomic mass is 9.80. The van der Waals surface area contributed by atoms with Crippen LogP contribution in [0.3, 0.4) is 0 Å². The Bertz CT molecular complexity index is 923. The average molecular weight is 421 g/mol. The summed E-state index contributed by atoms with van der Waals surface area (Å²) < 4.78 is 14.2. The Labute approximate surface area is 171 Å². The molecule has 0 unspecified atom stereocenters. The maximum atomic E-state index is 14.2. The zero-order valence-corrected chi connectivity index (χ0v) is 17.2. The molecule has 0 bridgehead atoms. The van der Waals surface area contributed by atoms with Gasteiger partial charge in [0.15, 0.2) is 0 Å². The first-order valence-corrected chi connectivity index (χ1v) is 11.0. The lowest BCUT2D eigenvalue weighted by Gasteiger charge is -2.35. The van der Waals surface area contributed by atoms with E-state index < -0.39 is 17.8 Å². The van der Waals surface area contributed by atoms with Gasteiger partial charge in [-0.25, -0.2) is 14.0 Å². The molecule has 0 spiro atoms. The second kappa shape index (κ2) is 8.57. The molecule has 4 nitrogen and oxygen atoms in total. The third-order valence-corrected chi connectivity index (χ3v) is 7.00. The molecule has 2 N–H and O–H groups in total. The van der Waals surface area contributed by atoms with Gasteiger partial charge < -0.3 is 10.2 Å². The third-order valence-electron chi connectivity index (χ3n) is 4.93. The number of thioether (sulfide) groups is 2. The van der Waals surface area contributed by atoms with Crippen molar-refractivity contribution in [2.24, 2.45) is 5.92 Å². The van der Waals surface area contributed by atoms with Crippen LogP contribution in [0.4, 0.5) is 4.39 Å². The van der Waals surface area contributed by atoms with Gasteiger partial charge >= 0.3 is 11.9 Å². The minimum Gasteiger partial charge on any atom is -0.478 e. The van der Waals surface area contributed by atoms with Gasteiger partial charge in [0, 0.05) is 15.0 Å². The molecule has 0 aromatic heterocycles. The minimum atomic E-state index is -1.25. The highest BCUT2D eigenvalue weighted by atomic mass is 32.2. The molecule has 0 aliphatic heterocycles. The predicted octanol–water partition coefficient (Wildman–Crippen LogP) is 5.37. The van der Waals surface area contributed by atoms with E-state index in [9.17, 15) is 19.1 Å². The SMILES string of the molecule is CSc1cc(CC2CC(Sc3cc(C)ccc3C(=O)O)C2)cc(F)c1C(=O)O. The monoisotopic (exact) mass is 420 g/mol. The van der Waals surface area contributed by atoms with Crippen molar-refractivity contribution < 1.29 is 24.2 Å². The molecule has 148 valence electrons. The van der Waals surface area contributed by atoms with E-state index in [-0.39, 0.29) is 5.56 Å². The molecule has 0 amide bonds. The number of aryl methyl sites for hydroxylation is 1. The van der Waals surface area contributed by atoms with Crippen LogP contribution in [0, 0.1) is 18.7 Å². The van der Waals surface area contributed by atoms with Gasteiger partial charge in [-0.3, -0.25) is 0 Å². The van der Waals surface area contributed by atoms with Crippen molar-refractivity contribution in [3.05, 3.63) is 58.4 Å². The van der Waals surface area contributed by atoms with Crippen LogP contribution in [-0.4, -0.2) is 33.7 Å². The molecule has 2 aromatic rings. The fourth-order valence-electron chi connectivity index (χ4n) is 3.48. The summed E-state index contributed by atoms with van der Waals surface area (Å²) in [5, 5.41) is 18.9. The first-order valence-electron chi connectivity index (χ1n) is 8.88. The van der Waals surface area contributed by atoms with E-state index in [0.717, 1.165) is 28.9 Å². The lowest BCUT2D eigenvalue weighted by molar-refractivity contribution is 0.0679. The zero-order valence-electron chi connectivity index (χ0n) is 15.6. The number of aromatic carboxylic acids is 2. The highest BCUT2D eigenvalue weighted by Gasteiger charge is 2.31. The number of carboxylic acids is 2. The summed E-state index contributed by atoms with van der Waals surface area (Å²) in [4.78, 5) is 23.9. The largest absolute Gasteiger partial charge is 0.478 e. The van der Waals surface area contributed by atoms with Crippen LogP contribution in [0.2, 0.25) is 0 Å². The van der Waals surface area contributed by atoms with Crippen LogP contribution in [0.25, 0.3) is 0 Å². The normalized spacial score (nSPS) is 18.5. The van der Waals surface area contributed by atoms with Gasteiger partial charge in [-0.1, -0.05) is 6.07 Å². The number of rotatable bonds is 7. The van der Waals surface area contributed by atoms with Crippen molar-refractivity contribution in [3.8, 4) is 0 Å². The van der Waals surface area contributed by atoms with Crippen molar-refractivity contribution in [2.75, 3.05) is 6.26 Å². The van der Waals surface area contributed by atoms with Crippen LogP contribution >= 0.6 is 23.5 Å². The molecule has 0 atom stereocenters. The molecule has 7 heteroatoms. The minimum absolute atomic E-state index is 0.265. The molecule has 1 fully saturated rings. The highest BCUT2D eigenvalue weighted by Crippen LogP contribution is 2.43. The second-order valence-corrected chi connectivity index (χ2v) is 9.24. The summed E-state index contributed by atoms with van der Waals surface area (Å²) in [5.41, 5.74) is 1.90. The van der Waals surface area contributed by atoms with E-state index >= 15 is 0 Å². The molecule has 1 aliphatic rings. The Morgan fingerprint density at radius 1 is 1.11 bits per heavy atom. The number of halogens is 1. The van der Waals surface area contributed by atoms with Gasteiger partial charge in [0.2, 0.25) is 0 Å². The molecular formula is C21H21FO4S2. The topological polar surface area (TPSA) is 74.6 Å². The van der Waals surface area contributed by atoms with E-state index in [0.29, 0.717) is 28.0 Å². The molecule has 0 saturated heterocycles. The Balaban J connectivity index is 1.64. The molecule has 1 aliphatic carbocycles. The van der Waals surface area contributed by atoms with E-state index in [2.05, 4.69) is 0 Å². The maximum absolute atomic E-state index is 14.2. The van der Waals surface area contributed by atoms with Gasteiger partial charge in [-0.15, -0.1) is 23.5 Å². The molecule has 3 rings (SSSR count). The second-order valence-electron chi connectivity index (χ2n) is 7.05. The fraction of sp³-hybridized carbons (Fsp3) is 0.333. The summed E-state index contributed by atoms with van der Waals surface area (Å²) in [6, 6.07) is 8.45. The van der Waals surface area contributed by atoms with Gasteiger partial charge in [0.05, 0.1) is 5.56 Å². The van der Waals surface area contributed by atoms with Crippen molar-refractivity contribution >= 4 is 35.5 Å². The van der Waals surface area contributed by atoms with Crippen LogP contribution in [0.1, 0.15) is 44.7 Å². The van der Waals surface area contributed by atoms with Crippen LogP contribution in [-0.2, 0) is 6.42 Å². The standard InChI is InChI=1S/C21H21FO4S2/c1-11-3-4-15(20(23)24)17(5-11)28-14-7-12(8-14)6-13-9-16(22)19(21(25)26)18(10-13)27-2/h3-5,9-10,12,14H,6-8H2,1-2H3,(H,23,24)(H,25,26). The maximum Gasteiger partial charge on any atom is 0.339 e. The third kappa shape index (κ3) is 4.52. The molecular weight excluding hydrogens is 399 g/mol. The highest BCUT2D eigenvalue weighted by molar-refractivity contribution is 8.00.